The van der Waals surface area contributed by atoms with Gasteiger partial charge in [0.15, 0.2) is 5.13 Å². The van der Waals surface area contributed by atoms with Crippen molar-refractivity contribution in [2.45, 2.75) is 35.5 Å². The van der Waals surface area contributed by atoms with Crippen LogP contribution in [0.25, 0.3) is 10.2 Å². The molecule has 0 saturated carbocycles. The van der Waals surface area contributed by atoms with Gasteiger partial charge in [-0.1, -0.05) is 11.8 Å². The highest BCUT2D eigenvalue weighted by Crippen LogP contribution is 2.42. The standard InChI is InChI=1S/C26H24N6OS3.2ClH/c1-16-20(3-2-8-28-16)33-21-13-24(32-26-31-19(15-35-26)17-4-9-27-10-5-17)30-14-23(21)36-22-6-11-29-18-7-12-34-25(18)22;;/h2-3,6-8,11-15,17,27H,4-5,9-10H2,1H3,(H,30,31,32);2*1H. The first kappa shape index (κ1) is 28.5. The lowest BCUT2D eigenvalue weighted by Gasteiger charge is -2.20. The SMILES string of the molecule is Cc1ncccc1Oc1cc(Nc2nc(C3CCNCC3)cs2)ncc1Sc1ccnc2ccsc12.Cl.Cl. The first-order valence-electron chi connectivity index (χ1n) is 11.8. The van der Waals surface area contributed by atoms with E-state index in [9.17, 15) is 0 Å². The number of rotatable bonds is 7. The van der Waals surface area contributed by atoms with Gasteiger partial charge in [-0.05, 0) is 62.5 Å². The Labute approximate surface area is 245 Å². The van der Waals surface area contributed by atoms with Gasteiger partial charge in [-0.25, -0.2) is 9.97 Å². The van der Waals surface area contributed by atoms with Crippen LogP contribution in [0.4, 0.5) is 10.9 Å². The smallest absolute Gasteiger partial charge is 0.188 e. The fourth-order valence-electron chi connectivity index (χ4n) is 4.15. The number of aromatic nitrogens is 4. The molecule has 2 N–H and O–H groups in total. The van der Waals surface area contributed by atoms with Crippen molar-refractivity contribution in [1.29, 1.82) is 0 Å². The maximum Gasteiger partial charge on any atom is 0.188 e. The zero-order valence-corrected chi connectivity index (χ0v) is 24.5. The number of anilines is 2. The van der Waals surface area contributed by atoms with Crippen molar-refractivity contribution in [2.75, 3.05) is 18.4 Å². The maximum absolute atomic E-state index is 6.39. The van der Waals surface area contributed by atoms with Gasteiger partial charge >= 0.3 is 0 Å². The third-order valence-electron chi connectivity index (χ3n) is 6.05. The summed E-state index contributed by atoms with van der Waals surface area (Å²) < 4.78 is 7.54. The van der Waals surface area contributed by atoms with Gasteiger partial charge in [-0.3, -0.25) is 9.97 Å². The zero-order valence-electron chi connectivity index (χ0n) is 20.4. The second kappa shape index (κ2) is 13.1. The fourth-order valence-corrected chi connectivity index (χ4v) is 6.85. The Morgan fingerprint density at radius 2 is 1.87 bits per heavy atom. The number of thiazole rings is 1. The van der Waals surface area contributed by atoms with Gasteiger partial charge in [0.25, 0.3) is 0 Å². The Morgan fingerprint density at radius 1 is 1.00 bits per heavy atom. The summed E-state index contributed by atoms with van der Waals surface area (Å²) in [5.41, 5.74) is 2.99. The van der Waals surface area contributed by atoms with E-state index in [-0.39, 0.29) is 24.8 Å². The molecule has 0 unspecified atom stereocenters. The summed E-state index contributed by atoms with van der Waals surface area (Å²) in [6, 6.07) is 9.82. The van der Waals surface area contributed by atoms with Crippen molar-refractivity contribution in [3.63, 3.8) is 0 Å². The second-order valence-corrected chi connectivity index (χ2v) is 11.3. The largest absolute Gasteiger partial charge is 0.454 e. The molecule has 0 bridgehead atoms. The van der Waals surface area contributed by atoms with Gasteiger partial charge in [0.2, 0.25) is 0 Å². The molecular formula is C26H26Cl2N6OS3. The van der Waals surface area contributed by atoms with E-state index in [2.05, 4.69) is 31.4 Å². The van der Waals surface area contributed by atoms with Crippen molar-refractivity contribution in [1.82, 2.24) is 25.3 Å². The monoisotopic (exact) mass is 604 g/mol. The summed E-state index contributed by atoms with van der Waals surface area (Å²) >= 11 is 4.93. The molecule has 12 heteroatoms. The summed E-state index contributed by atoms with van der Waals surface area (Å²) in [7, 11) is 0. The lowest BCUT2D eigenvalue weighted by Crippen LogP contribution is -2.26. The van der Waals surface area contributed by atoms with Gasteiger partial charge in [0.05, 0.1) is 26.5 Å². The molecule has 38 heavy (non-hydrogen) atoms. The fraction of sp³-hybridized carbons (Fsp3) is 0.231. The van der Waals surface area contributed by atoms with Gasteiger partial charge in [0, 0.05) is 40.9 Å². The lowest BCUT2D eigenvalue weighted by atomic mass is 9.96. The molecule has 5 aromatic heterocycles. The number of halogens is 2. The van der Waals surface area contributed by atoms with Crippen LogP contribution in [-0.2, 0) is 0 Å². The Morgan fingerprint density at radius 3 is 2.71 bits per heavy atom. The molecule has 6 rings (SSSR count). The van der Waals surface area contributed by atoms with Crippen LogP contribution in [0, 0.1) is 6.92 Å². The molecule has 1 fully saturated rings. The molecule has 7 nitrogen and oxygen atoms in total. The first-order chi connectivity index (χ1) is 17.7. The van der Waals surface area contributed by atoms with Crippen LogP contribution in [0.15, 0.2) is 69.5 Å². The molecule has 0 aliphatic carbocycles. The number of ether oxygens (including phenoxy) is 1. The highest BCUT2D eigenvalue weighted by atomic mass is 35.5. The van der Waals surface area contributed by atoms with Crippen molar-refractivity contribution in [3.8, 4) is 11.5 Å². The van der Waals surface area contributed by atoms with Crippen LogP contribution in [0.2, 0.25) is 0 Å². The van der Waals surface area contributed by atoms with Crippen LogP contribution in [-0.4, -0.2) is 33.0 Å². The number of nitrogens with one attached hydrogen (secondary N) is 2. The first-order valence-corrected chi connectivity index (χ1v) is 14.3. The molecule has 0 spiro atoms. The van der Waals surface area contributed by atoms with E-state index in [0.29, 0.717) is 17.5 Å². The van der Waals surface area contributed by atoms with Crippen LogP contribution >= 0.6 is 59.2 Å². The molecule has 0 atom stereocenters. The number of thiophene rings is 1. The van der Waals surface area contributed by atoms with Gasteiger partial charge < -0.3 is 15.4 Å². The van der Waals surface area contributed by atoms with Gasteiger partial charge in [0.1, 0.15) is 17.3 Å². The van der Waals surface area contributed by atoms with Crippen LogP contribution < -0.4 is 15.4 Å². The molecule has 1 aliphatic heterocycles. The highest BCUT2D eigenvalue weighted by molar-refractivity contribution is 7.99. The number of hydrogen-bond donors (Lipinski definition) is 2. The van der Waals surface area contributed by atoms with Gasteiger partial charge in [-0.2, -0.15) is 0 Å². The Hall–Kier alpha value is -2.47. The molecule has 0 radical (unpaired) electrons. The molecule has 5 aromatic rings. The predicted octanol–water partition coefficient (Wildman–Crippen LogP) is 7.85. The number of aryl methyl sites for hydroxylation is 1. The topological polar surface area (TPSA) is 84.9 Å². The highest BCUT2D eigenvalue weighted by Gasteiger charge is 2.19. The van der Waals surface area contributed by atoms with E-state index in [0.717, 1.165) is 68.2 Å². The number of pyridine rings is 3. The Bertz CT molecular complexity index is 1510. The average Bonchev–Trinajstić information content (AvgIpc) is 3.58. The summed E-state index contributed by atoms with van der Waals surface area (Å²) in [4.78, 5) is 20.4. The summed E-state index contributed by atoms with van der Waals surface area (Å²) in [5.74, 6) is 2.64. The van der Waals surface area contributed by atoms with E-state index in [1.165, 1.54) is 0 Å². The molecule has 0 amide bonds. The number of piperidine rings is 1. The number of fused-ring (bicyclic) bond motifs is 1. The van der Waals surface area contributed by atoms with Crippen LogP contribution in [0.3, 0.4) is 0 Å². The van der Waals surface area contributed by atoms with E-state index >= 15 is 0 Å². The van der Waals surface area contributed by atoms with Crippen molar-refractivity contribution >= 4 is 80.4 Å². The molecule has 6 heterocycles. The predicted molar refractivity (Wildman–Crippen MR) is 162 cm³/mol. The summed E-state index contributed by atoms with van der Waals surface area (Å²) in [6.07, 6.45) is 7.72. The van der Waals surface area contributed by atoms with Gasteiger partial charge in [-0.15, -0.1) is 47.5 Å². The third kappa shape index (κ3) is 6.39. The number of hydrogen-bond acceptors (Lipinski definition) is 10. The normalized spacial score (nSPS) is 13.5. The minimum atomic E-state index is 0. The zero-order chi connectivity index (χ0) is 24.3. The second-order valence-electron chi connectivity index (χ2n) is 8.48. The number of nitrogens with zero attached hydrogens (tertiary/aromatic N) is 4. The Kier molecular flexibility index (Phi) is 9.80. The van der Waals surface area contributed by atoms with Crippen LogP contribution in [0.1, 0.15) is 30.1 Å². The van der Waals surface area contributed by atoms with Crippen molar-refractivity contribution < 1.29 is 4.74 Å². The molecule has 1 saturated heterocycles. The minimum Gasteiger partial charge on any atom is -0.454 e. The molecule has 198 valence electrons. The average molecular weight is 606 g/mol. The van der Waals surface area contributed by atoms with E-state index < -0.39 is 0 Å². The van der Waals surface area contributed by atoms with E-state index in [1.807, 2.05) is 49.6 Å². The minimum absolute atomic E-state index is 0. The lowest BCUT2D eigenvalue weighted by molar-refractivity contribution is 0.455. The van der Waals surface area contributed by atoms with Crippen molar-refractivity contribution in [3.05, 3.63) is 71.1 Å². The molecular weight excluding hydrogens is 579 g/mol. The molecule has 0 aromatic carbocycles. The van der Waals surface area contributed by atoms with Crippen molar-refractivity contribution in [2.24, 2.45) is 0 Å². The Balaban J connectivity index is 0.00000168. The van der Waals surface area contributed by atoms with E-state index in [4.69, 9.17) is 14.7 Å². The van der Waals surface area contributed by atoms with Crippen LogP contribution in [0.5, 0.6) is 11.5 Å². The third-order valence-corrected chi connectivity index (χ3v) is 8.98. The quantitative estimate of drug-likeness (QED) is 0.194. The maximum atomic E-state index is 6.39. The summed E-state index contributed by atoms with van der Waals surface area (Å²) in [6.45, 7) is 4.04. The molecule has 1 aliphatic rings. The van der Waals surface area contributed by atoms with E-state index in [1.54, 1.807) is 40.6 Å². The summed E-state index contributed by atoms with van der Waals surface area (Å²) in [5, 5.41) is 11.9.